The van der Waals surface area contributed by atoms with Crippen LogP contribution < -0.4 is 15.2 Å². The van der Waals surface area contributed by atoms with Crippen molar-refractivity contribution in [2.75, 3.05) is 7.11 Å². The van der Waals surface area contributed by atoms with Crippen LogP contribution in [0, 0.1) is 17.7 Å². The molecule has 36 heavy (non-hydrogen) atoms. The topological polar surface area (TPSA) is 83.4 Å². The van der Waals surface area contributed by atoms with Gasteiger partial charge in [0.1, 0.15) is 30.0 Å². The second-order valence-corrected chi connectivity index (χ2v) is 10.0. The molecule has 0 saturated heterocycles. The van der Waals surface area contributed by atoms with Crippen LogP contribution in [0.4, 0.5) is 4.39 Å². The maximum atomic E-state index is 14.7. The van der Waals surface area contributed by atoms with Gasteiger partial charge in [-0.05, 0) is 90.1 Å². The molecule has 188 valence electrons. The summed E-state index contributed by atoms with van der Waals surface area (Å²) in [7, 11) is 1.57. The minimum atomic E-state index is -0.753. The summed E-state index contributed by atoms with van der Waals surface area (Å²) in [5.41, 5.74) is 9.57. The first kappa shape index (κ1) is 24.3. The SMILES string of the molecule is COc1ccc(F)c(-c2ccc(C3CCc4ccc([C@H](C5CC5)[C@H](C)C(=O)O)cc4O3)cc2C[NH3+])c1. The highest BCUT2D eigenvalue weighted by atomic mass is 19.1. The summed E-state index contributed by atoms with van der Waals surface area (Å²) < 4.78 is 26.4. The van der Waals surface area contributed by atoms with Crippen molar-refractivity contribution >= 4 is 5.97 Å². The molecule has 3 aromatic carbocycles. The van der Waals surface area contributed by atoms with Crippen LogP contribution in [0.1, 0.15) is 60.5 Å². The highest BCUT2D eigenvalue weighted by Crippen LogP contribution is 2.48. The predicted octanol–water partition coefficient (Wildman–Crippen LogP) is 5.52. The highest BCUT2D eigenvalue weighted by Gasteiger charge is 2.39. The Bertz CT molecular complexity index is 1290. The molecule has 0 amide bonds. The summed E-state index contributed by atoms with van der Waals surface area (Å²) in [4.78, 5) is 11.8. The van der Waals surface area contributed by atoms with Gasteiger partial charge in [0.15, 0.2) is 0 Å². The van der Waals surface area contributed by atoms with E-state index in [4.69, 9.17) is 9.47 Å². The van der Waals surface area contributed by atoms with Crippen molar-refractivity contribution in [2.24, 2.45) is 11.8 Å². The summed E-state index contributed by atoms with van der Waals surface area (Å²) in [6, 6.07) is 17.0. The standard InChI is InChI=1S/C30H32FNO4/c1-17(30(33)34)29(19-4-5-19)21-6-3-18-8-12-27(36-28(18)14-21)20-7-10-24(22(13-20)16-32)25-15-23(35-2)9-11-26(25)31/h3,6-7,9-11,13-15,17,19,27,29H,4-5,8,12,16,32H2,1-2H3,(H,33,34)/p+1/t17-,27?,29-/m0/s1. The molecule has 1 saturated carbocycles. The van der Waals surface area contributed by atoms with Crippen LogP contribution in [0.5, 0.6) is 11.5 Å². The average molecular weight is 491 g/mol. The zero-order valence-electron chi connectivity index (χ0n) is 20.8. The highest BCUT2D eigenvalue weighted by molar-refractivity contribution is 5.71. The number of hydrogen-bond acceptors (Lipinski definition) is 3. The maximum absolute atomic E-state index is 14.7. The molecule has 3 atom stereocenters. The van der Waals surface area contributed by atoms with E-state index in [2.05, 4.69) is 30.0 Å². The van der Waals surface area contributed by atoms with E-state index in [-0.39, 0.29) is 17.8 Å². The number of fused-ring (bicyclic) bond motifs is 1. The van der Waals surface area contributed by atoms with Gasteiger partial charge in [-0.2, -0.15) is 0 Å². The average Bonchev–Trinajstić information content (AvgIpc) is 3.73. The molecular formula is C30H33FNO4+. The third kappa shape index (κ3) is 4.70. The number of aliphatic carboxylic acids is 1. The first-order valence-electron chi connectivity index (χ1n) is 12.7. The number of halogens is 1. The molecule has 4 N–H and O–H groups in total. The van der Waals surface area contributed by atoms with Crippen LogP contribution in [0.15, 0.2) is 54.6 Å². The number of benzene rings is 3. The minimum Gasteiger partial charge on any atom is -0.497 e. The largest absolute Gasteiger partial charge is 0.497 e. The third-order valence-electron chi connectivity index (χ3n) is 7.71. The number of carbonyl (C=O) groups is 1. The van der Waals surface area contributed by atoms with Gasteiger partial charge in [-0.25, -0.2) is 4.39 Å². The molecule has 1 heterocycles. The lowest BCUT2D eigenvalue weighted by atomic mass is 9.82. The molecule has 0 radical (unpaired) electrons. The lowest BCUT2D eigenvalue weighted by molar-refractivity contribution is -0.386. The van der Waals surface area contributed by atoms with E-state index in [0.717, 1.165) is 59.3 Å². The van der Waals surface area contributed by atoms with Crippen molar-refractivity contribution in [1.82, 2.24) is 0 Å². The first-order chi connectivity index (χ1) is 17.4. The molecule has 1 unspecified atom stereocenters. The van der Waals surface area contributed by atoms with Crippen molar-refractivity contribution in [1.29, 1.82) is 0 Å². The van der Waals surface area contributed by atoms with Gasteiger partial charge in [-0.1, -0.05) is 31.2 Å². The van der Waals surface area contributed by atoms with Crippen LogP contribution in [0.25, 0.3) is 11.1 Å². The van der Waals surface area contributed by atoms with Gasteiger partial charge in [-0.3, -0.25) is 4.79 Å². The van der Waals surface area contributed by atoms with E-state index in [1.807, 2.05) is 12.1 Å². The predicted molar refractivity (Wildman–Crippen MR) is 135 cm³/mol. The van der Waals surface area contributed by atoms with Gasteiger partial charge < -0.3 is 20.3 Å². The molecule has 3 aromatic rings. The van der Waals surface area contributed by atoms with Gasteiger partial charge in [-0.15, -0.1) is 0 Å². The van der Waals surface area contributed by atoms with Crippen molar-refractivity contribution < 1.29 is 29.5 Å². The fourth-order valence-corrected chi connectivity index (χ4v) is 5.53. The fraction of sp³-hybridized carbons (Fsp3) is 0.367. The third-order valence-corrected chi connectivity index (χ3v) is 7.71. The first-order valence-corrected chi connectivity index (χ1v) is 12.7. The number of carboxylic acids is 1. The van der Waals surface area contributed by atoms with Crippen molar-refractivity contribution in [2.45, 2.75) is 51.2 Å². The molecule has 1 fully saturated rings. The molecule has 1 aliphatic carbocycles. The molecule has 5 rings (SSSR count). The van der Waals surface area contributed by atoms with Crippen molar-refractivity contribution in [3.8, 4) is 22.6 Å². The fourth-order valence-electron chi connectivity index (χ4n) is 5.53. The molecule has 0 bridgehead atoms. The Morgan fingerprint density at radius 1 is 1.11 bits per heavy atom. The Kier molecular flexibility index (Phi) is 6.71. The van der Waals surface area contributed by atoms with Gasteiger partial charge >= 0.3 is 5.97 Å². The molecule has 0 spiro atoms. The lowest BCUT2D eigenvalue weighted by Crippen LogP contribution is -2.47. The number of quaternary nitrogens is 1. The molecule has 5 nitrogen and oxygen atoms in total. The van der Waals surface area contributed by atoms with E-state index in [0.29, 0.717) is 23.8 Å². The molecule has 2 aliphatic rings. The Balaban J connectivity index is 1.43. The zero-order valence-corrected chi connectivity index (χ0v) is 20.8. The van der Waals surface area contributed by atoms with Crippen molar-refractivity contribution in [3.05, 3.63) is 82.7 Å². The van der Waals surface area contributed by atoms with Crippen molar-refractivity contribution in [3.63, 3.8) is 0 Å². The van der Waals surface area contributed by atoms with Gasteiger partial charge in [0.2, 0.25) is 0 Å². The van der Waals surface area contributed by atoms with Gasteiger partial charge in [0, 0.05) is 11.1 Å². The number of carboxylic acid groups (broad SMARTS) is 1. The molecular weight excluding hydrogens is 457 g/mol. The minimum absolute atomic E-state index is 0.00610. The van der Waals surface area contributed by atoms with E-state index in [1.54, 1.807) is 26.2 Å². The number of rotatable bonds is 8. The summed E-state index contributed by atoms with van der Waals surface area (Å²) in [5.74, 6) is 0.399. The number of methoxy groups -OCH3 is 1. The summed E-state index contributed by atoms with van der Waals surface area (Å²) in [6.45, 7) is 2.32. The monoisotopic (exact) mass is 490 g/mol. The van der Waals surface area contributed by atoms with Gasteiger partial charge in [0.25, 0.3) is 0 Å². The van der Waals surface area contributed by atoms with Crippen LogP contribution in [-0.2, 0) is 17.8 Å². The summed E-state index contributed by atoms with van der Waals surface area (Å²) in [6.07, 6.45) is 3.76. The lowest BCUT2D eigenvalue weighted by Gasteiger charge is -2.29. The van der Waals surface area contributed by atoms with Crippen LogP contribution in [0.3, 0.4) is 0 Å². The van der Waals surface area contributed by atoms with Crippen LogP contribution in [0.2, 0.25) is 0 Å². The Hall–Kier alpha value is -3.38. The summed E-state index contributed by atoms with van der Waals surface area (Å²) >= 11 is 0. The number of ether oxygens (including phenoxy) is 2. The van der Waals surface area contributed by atoms with E-state index >= 15 is 0 Å². The second-order valence-electron chi connectivity index (χ2n) is 10.0. The maximum Gasteiger partial charge on any atom is 0.306 e. The quantitative estimate of drug-likeness (QED) is 0.435. The second kappa shape index (κ2) is 9.94. The van der Waals surface area contributed by atoms with E-state index in [9.17, 15) is 14.3 Å². The van der Waals surface area contributed by atoms with E-state index in [1.165, 1.54) is 6.07 Å². The molecule has 6 heteroatoms. The Morgan fingerprint density at radius 3 is 2.61 bits per heavy atom. The zero-order chi connectivity index (χ0) is 25.4. The molecule has 1 aliphatic heterocycles. The number of hydrogen-bond donors (Lipinski definition) is 2. The Morgan fingerprint density at radius 2 is 1.92 bits per heavy atom. The molecule has 0 aromatic heterocycles. The Labute approximate surface area is 211 Å². The van der Waals surface area contributed by atoms with Gasteiger partial charge in [0.05, 0.1) is 13.0 Å². The smallest absolute Gasteiger partial charge is 0.306 e. The number of aryl methyl sites for hydroxylation is 1. The van der Waals surface area contributed by atoms with Crippen LogP contribution >= 0.6 is 0 Å². The normalized spacial score (nSPS) is 18.6. The van der Waals surface area contributed by atoms with E-state index < -0.39 is 11.9 Å². The van der Waals surface area contributed by atoms with Crippen LogP contribution in [-0.4, -0.2) is 18.2 Å². The summed E-state index contributed by atoms with van der Waals surface area (Å²) in [5, 5.41) is 9.65.